The zero-order valence-electron chi connectivity index (χ0n) is 14.3. The number of nitrogens with zero attached hydrogens (tertiary/aromatic N) is 4. The molecule has 1 fully saturated rings. The molecule has 1 atom stereocenters. The van der Waals surface area contributed by atoms with E-state index in [1.165, 1.54) is 11.3 Å². The average Bonchev–Trinajstić information content (AvgIpc) is 3.29. The minimum Gasteiger partial charge on any atom is -0.334 e. The molecule has 6 heteroatoms. The van der Waals surface area contributed by atoms with E-state index in [0.29, 0.717) is 5.89 Å². The highest BCUT2D eigenvalue weighted by Gasteiger charge is 2.28. The van der Waals surface area contributed by atoms with Crippen molar-refractivity contribution in [1.82, 2.24) is 25.3 Å². The van der Waals surface area contributed by atoms with Crippen molar-refractivity contribution in [2.45, 2.75) is 25.3 Å². The predicted molar refractivity (Wildman–Crippen MR) is 95.3 cm³/mol. The maximum absolute atomic E-state index is 5.74. The van der Waals surface area contributed by atoms with Gasteiger partial charge in [0.1, 0.15) is 0 Å². The summed E-state index contributed by atoms with van der Waals surface area (Å²) >= 11 is 0. The summed E-state index contributed by atoms with van der Waals surface area (Å²) in [6.45, 7) is 2.84. The van der Waals surface area contributed by atoms with E-state index in [-0.39, 0.29) is 6.04 Å². The van der Waals surface area contributed by atoms with E-state index in [1.54, 1.807) is 0 Å². The molecule has 5 rings (SSSR count). The van der Waals surface area contributed by atoms with Gasteiger partial charge >= 0.3 is 0 Å². The number of hydrogen-bond donors (Lipinski definition) is 1. The summed E-state index contributed by atoms with van der Waals surface area (Å²) in [5, 5.41) is 8.83. The van der Waals surface area contributed by atoms with E-state index in [9.17, 15) is 0 Å². The number of benzene rings is 1. The highest BCUT2D eigenvalue weighted by molar-refractivity contribution is 5.94. The third kappa shape index (κ3) is 2.44. The molecule has 0 spiro atoms. The number of nitrogens with one attached hydrogen (secondary N) is 1. The van der Waals surface area contributed by atoms with Crippen LogP contribution in [-0.2, 0) is 12.8 Å². The van der Waals surface area contributed by atoms with Crippen molar-refractivity contribution in [1.29, 1.82) is 0 Å². The van der Waals surface area contributed by atoms with Crippen LogP contribution in [0.4, 0.5) is 0 Å². The molecular weight excluding hydrogens is 314 g/mol. The number of hydrogen-bond acceptors (Lipinski definition) is 6. The normalized spacial score (nSPS) is 20.9. The maximum atomic E-state index is 5.74. The molecule has 1 saturated heterocycles. The topological polar surface area (TPSA) is 67.1 Å². The van der Waals surface area contributed by atoms with Crippen LogP contribution in [0, 0.1) is 0 Å². The van der Waals surface area contributed by atoms with Crippen molar-refractivity contribution in [3.05, 3.63) is 41.3 Å². The van der Waals surface area contributed by atoms with Crippen molar-refractivity contribution in [2.75, 3.05) is 26.7 Å². The molecule has 3 aromatic rings. The van der Waals surface area contributed by atoms with Crippen LogP contribution in [0.25, 0.3) is 22.4 Å². The van der Waals surface area contributed by atoms with E-state index in [0.717, 1.165) is 61.2 Å². The fourth-order valence-corrected chi connectivity index (χ4v) is 4.02. The number of para-hydroxylation sites is 1. The Morgan fingerprint density at radius 1 is 1.20 bits per heavy atom. The fourth-order valence-electron chi connectivity index (χ4n) is 4.02. The third-order valence-electron chi connectivity index (χ3n) is 5.38. The number of piperazine rings is 1. The first-order chi connectivity index (χ1) is 12.3. The zero-order chi connectivity index (χ0) is 16.8. The van der Waals surface area contributed by atoms with Gasteiger partial charge in [-0.15, -0.1) is 0 Å². The first-order valence-corrected chi connectivity index (χ1v) is 8.96. The van der Waals surface area contributed by atoms with Gasteiger partial charge in [-0.1, -0.05) is 23.4 Å². The lowest BCUT2D eigenvalue weighted by molar-refractivity contribution is 0.190. The van der Waals surface area contributed by atoms with Gasteiger partial charge in [0, 0.05) is 30.7 Å². The van der Waals surface area contributed by atoms with E-state index < -0.39 is 0 Å². The average molecular weight is 335 g/mol. The van der Waals surface area contributed by atoms with E-state index in [4.69, 9.17) is 14.5 Å². The van der Waals surface area contributed by atoms with Crippen molar-refractivity contribution in [3.8, 4) is 11.5 Å². The molecule has 1 unspecified atom stereocenters. The Labute approximate surface area is 146 Å². The molecule has 1 aliphatic heterocycles. The summed E-state index contributed by atoms with van der Waals surface area (Å²) in [6.07, 6.45) is 3.20. The summed E-state index contributed by atoms with van der Waals surface area (Å²) < 4.78 is 5.74. The summed E-state index contributed by atoms with van der Waals surface area (Å²) in [5.74, 6) is 1.39. The molecule has 25 heavy (non-hydrogen) atoms. The Bertz CT molecular complexity index is 935. The molecule has 0 bridgehead atoms. The number of aromatic nitrogens is 3. The molecule has 1 aliphatic carbocycles. The predicted octanol–water partition coefficient (Wildman–Crippen LogP) is 2.35. The van der Waals surface area contributed by atoms with Crippen LogP contribution in [0.3, 0.4) is 0 Å². The van der Waals surface area contributed by atoms with Gasteiger partial charge in [-0.2, -0.15) is 4.98 Å². The van der Waals surface area contributed by atoms with Gasteiger partial charge in [-0.3, -0.25) is 9.88 Å². The second-order valence-electron chi connectivity index (χ2n) is 6.94. The van der Waals surface area contributed by atoms with Gasteiger partial charge in [0.25, 0.3) is 5.89 Å². The standard InChI is InChI=1S/C19H21N5O/c1-24-10-9-20-11-16(24)18-22-19(25-23-18)17-12-5-2-3-7-14(12)21-15-8-4-6-13(15)17/h2-3,5,7,16,20H,4,6,8-11H2,1H3. The highest BCUT2D eigenvalue weighted by Crippen LogP contribution is 2.36. The van der Waals surface area contributed by atoms with Crippen LogP contribution in [0.1, 0.15) is 29.5 Å². The van der Waals surface area contributed by atoms with E-state index in [2.05, 4.69) is 34.6 Å². The van der Waals surface area contributed by atoms with Crippen LogP contribution in [0.15, 0.2) is 28.8 Å². The van der Waals surface area contributed by atoms with Gasteiger partial charge < -0.3 is 9.84 Å². The quantitative estimate of drug-likeness (QED) is 0.775. The Morgan fingerprint density at radius 2 is 2.12 bits per heavy atom. The summed E-state index contributed by atoms with van der Waals surface area (Å²) in [5.41, 5.74) is 4.56. The molecular formula is C19H21N5O. The Hall–Kier alpha value is -2.31. The van der Waals surface area contributed by atoms with Gasteiger partial charge in [0.15, 0.2) is 5.82 Å². The SMILES string of the molecule is CN1CCNCC1c1noc(-c2c3c(nc4ccccc24)CCC3)n1. The molecule has 0 radical (unpaired) electrons. The minimum atomic E-state index is 0.160. The molecule has 2 aliphatic rings. The summed E-state index contributed by atoms with van der Waals surface area (Å²) in [6, 6.07) is 8.40. The molecule has 1 N–H and O–H groups in total. The zero-order valence-corrected chi connectivity index (χ0v) is 14.3. The molecule has 6 nitrogen and oxygen atoms in total. The van der Waals surface area contributed by atoms with Crippen LogP contribution in [0.2, 0.25) is 0 Å². The Kier molecular flexibility index (Phi) is 3.53. The Balaban J connectivity index is 1.64. The van der Waals surface area contributed by atoms with Crippen LogP contribution in [0.5, 0.6) is 0 Å². The second-order valence-corrected chi connectivity index (χ2v) is 6.94. The largest absolute Gasteiger partial charge is 0.334 e. The van der Waals surface area contributed by atoms with Crippen molar-refractivity contribution in [3.63, 3.8) is 0 Å². The van der Waals surface area contributed by atoms with Crippen LogP contribution in [-0.4, -0.2) is 46.7 Å². The smallest absolute Gasteiger partial charge is 0.259 e. The number of fused-ring (bicyclic) bond motifs is 2. The lowest BCUT2D eigenvalue weighted by Gasteiger charge is -2.30. The first kappa shape index (κ1) is 15.0. The summed E-state index contributed by atoms with van der Waals surface area (Å²) in [4.78, 5) is 11.9. The van der Waals surface area contributed by atoms with Crippen molar-refractivity contribution >= 4 is 10.9 Å². The lowest BCUT2D eigenvalue weighted by atomic mass is 10.0. The van der Waals surface area contributed by atoms with Gasteiger partial charge in [0.2, 0.25) is 0 Å². The number of pyridine rings is 1. The van der Waals surface area contributed by atoms with Crippen molar-refractivity contribution < 1.29 is 4.52 Å². The number of aryl methyl sites for hydroxylation is 1. The van der Waals surface area contributed by atoms with Gasteiger partial charge in [0.05, 0.1) is 17.1 Å². The van der Waals surface area contributed by atoms with Gasteiger partial charge in [-0.05, 0) is 37.9 Å². The van der Waals surface area contributed by atoms with E-state index in [1.807, 2.05) is 12.1 Å². The molecule has 1 aromatic carbocycles. The second kappa shape index (κ2) is 5.89. The van der Waals surface area contributed by atoms with Gasteiger partial charge in [-0.25, -0.2) is 0 Å². The van der Waals surface area contributed by atoms with Crippen LogP contribution < -0.4 is 5.32 Å². The highest BCUT2D eigenvalue weighted by atomic mass is 16.5. The molecule has 2 aromatic heterocycles. The monoisotopic (exact) mass is 335 g/mol. The fraction of sp³-hybridized carbons (Fsp3) is 0.421. The minimum absolute atomic E-state index is 0.160. The third-order valence-corrected chi connectivity index (χ3v) is 5.38. The number of rotatable bonds is 2. The molecule has 0 amide bonds. The molecule has 3 heterocycles. The lowest BCUT2D eigenvalue weighted by Crippen LogP contribution is -2.44. The van der Waals surface area contributed by atoms with Crippen LogP contribution >= 0.6 is 0 Å². The summed E-state index contributed by atoms with van der Waals surface area (Å²) in [7, 11) is 2.11. The van der Waals surface area contributed by atoms with E-state index >= 15 is 0 Å². The Morgan fingerprint density at radius 3 is 3.04 bits per heavy atom. The number of likely N-dealkylation sites (N-methyl/N-ethyl adjacent to an activating group) is 1. The molecule has 128 valence electrons. The molecule has 0 saturated carbocycles. The maximum Gasteiger partial charge on any atom is 0.259 e. The first-order valence-electron chi connectivity index (χ1n) is 8.96. The van der Waals surface area contributed by atoms with Crippen molar-refractivity contribution in [2.24, 2.45) is 0 Å².